The lowest BCUT2D eigenvalue weighted by Gasteiger charge is -2.46. The van der Waals surface area contributed by atoms with E-state index < -0.39 is 0 Å². The van der Waals surface area contributed by atoms with Crippen LogP contribution in [0.25, 0.3) is 0 Å². The molecule has 0 amide bonds. The number of ether oxygens (including phenoxy) is 2. The summed E-state index contributed by atoms with van der Waals surface area (Å²) in [6.45, 7) is 6.85. The molecule has 0 radical (unpaired) electrons. The Hall–Kier alpha value is -0.120. The molecule has 0 aromatic rings. The second kappa shape index (κ2) is 9.72. The zero-order chi connectivity index (χ0) is 25.6. The quantitative estimate of drug-likeness (QED) is 0.378. The lowest BCUT2D eigenvalue weighted by Crippen LogP contribution is -2.47. The van der Waals surface area contributed by atoms with Gasteiger partial charge in [-0.1, -0.05) is 39.5 Å². The molecule has 0 aromatic carbocycles. The van der Waals surface area contributed by atoms with Gasteiger partial charge in [-0.3, -0.25) is 4.90 Å². The van der Waals surface area contributed by atoms with Gasteiger partial charge < -0.3 is 9.47 Å². The van der Waals surface area contributed by atoms with E-state index >= 15 is 0 Å². The monoisotopic (exact) mass is 523 g/mol. The highest BCUT2D eigenvalue weighted by Crippen LogP contribution is 2.70. The number of methoxy groups -OCH3 is 1. The van der Waals surface area contributed by atoms with Crippen molar-refractivity contribution in [2.45, 2.75) is 147 Å². The zero-order valence-electron chi connectivity index (χ0n) is 24.9. The molecular weight excluding hydrogens is 466 g/mol. The summed E-state index contributed by atoms with van der Waals surface area (Å²) in [6.07, 6.45) is 24.9. The van der Waals surface area contributed by atoms with Gasteiger partial charge in [0, 0.05) is 25.7 Å². The third-order valence-electron chi connectivity index (χ3n) is 14.9. The van der Waals surface area contributed by atoms with Crippen LogP contribution in [0.5, 0.6) is 0 Å². The fourth-order valence-corrected chi connectivity index (χ4v) is 13.4. The molecule has 0 N–H and O–H groups in total. The predicted octanol–water partition coefficient (Wildman–Crippen LogP) is 7.72. The van der Waals surface area contributed by atoms with Gasteiger partial charge in [0.2, 0.25) is 0 Å². The molecule has 8 rings (SSSR count). The molecule has 0 aromatic heterocycles. The maximum atomic E-state index is 6.90. The first kappa shape index (κ1) is 25.6. The Labute approximate surface area is 233 Å². The van der Waals surface area contributed by atoms with E-state index in [0.29, 0.717) is 23.7 Å². The summed E-state index contributed by atoms with van der Waals surface area (Å²) < 4.78 is 12.6. The van der Waals surface area contributed by atoms with Crippen LogP contribution in [0.2, 0.25) is 0 Å². The van der Waals surface area contributed by atoms with Gasteiger partial charge in [0.1, 0.15) is 0 Å². The van der Waals surface area contributed by atoms with E-state index in [1.165, 1.54) is 103 Å². The molecule has 0 bridgehead atoms. The van der Waals surface area contributed by atoms with E-state index in [9.17, 15) is 0 Å². The van der Waals surface area contributed by atoms with E-state index in [4.69, 9.17) is 9.47 Å². The Kier molecular flexibility index (Phi) is 6.54. The molecule has 38 heavy (non-hydrogen) atoms. The largest absolute Gasteiger partial charge is 0.381 e. The van der Waals surface area contributed by atoms with Crippen molar-refractivity contribution < 1.29 is 9.47 Å². The van der Waals surface area contributed by atoms with Crippen molar-refractivity contribution in [1.82, 2.24) is 4.90 Å². The predicted molar refractivity (Wildman–Crippen MR) is 153 cm³/mol. The molecule has 6 saturated carbocycles. The minimum atomic E-state index is 0.512. The van der Waals surface area contributed by atoms with Crippen molar-refractivity contribution in [3.05, 3.63) is 0 Å². The summed E-state index contributed by atoms with van der Waals surface area (Å²) in [7, 11) is 1.93. The van der Waals surface area contributed by atoms with E-state index in [0.717, 1.165) is 65.3 Å². The van der Waals surface area contributed by atoms with Crippen LogP contribution in [0.4, 0.5) is 0 Å². The molecule has 2 heterocycles. The fourth-order valence-electron chi connectivity index (χ4n) is 13.4. The van der Waals surface area contributed by atoms with E-state index in [-0.39, 0.29) is 0 Å². The topological polar surface area (TPSA) is 21.7 Å². The third-order valence-corrected chi connectivity index (χ3v) is 14.9. The van der Waals surface area contributed by atoms with Crippen molar-refractivity contribution in [2.24, 2.45) is 58.7 Å². The number of nitrogens with zero attached hydrogens (tertiary/aromatic N) is 1. The molecule has 6 aliphatic carbocycles. The summed E-state index contributed by atoms with van der Waals surface area (Å²) in [4.78, 5) is 3.20. The van der Waals surface area contributed by atoms with E-state index in [1.807, 2.05) is 7.11 Å². The Morgan fingerprint density at radius 1 is 0.658 bits per heavy atom. The van der Waals surface area contributed by atoms with Crippen molar-refractivity contribution in [2.75, 3.05) is 13.7 Å². The van der Waals surface area contributed by atoms with Gasteiger partial charge in [0.05, 0.1) is 18.3 Å². The van der Waals surface area contributed by atoms with Gasteiger partial charge in [-0.05, 0) is 136 Å². The van der Waals surface area contributed by atoms with E-state index in [2.05, 4.69) is 18.7 Å². The first-order chi connectivity index (χ1) is 18.5. The highest BCUT2D eigenvalue weighted by molar-refractivity contribution is 5.16. The Bertz CT molecular complexity index is 864. The lowest BCUT2D eigenvalue weighted by atomic mass is 9.59. The third kappa shape index (κ3) is 3.82. The fraction of sp³-hybridized carbons (Fsp3) is 1.00. The van der Waals surface area contributed by atoms with Crippen molar-refractivity contribution in [3.63, 3.8) is 0 Å². The van der Waals surface area contributed by atoms with Gasteiger partial charge in [-0.15, -0.1) is 0 Å². The molecule has 3 heteroatoms. The summed E-state index contributed by atoms with van der Waals surface area (Å²) in [6, 6.07) is 1.81. The average molecular weight is 524 g/mol. The van der Waals surface area contributed by atoms with E-state index in [1.54, 1.807) is 6.42 Å². The van der Waals surface area contributed by atoms with Crippen LogP contribution in [-0.2, 0) is 9.47 Å². The number of likely N-dealkylation sites (tertiary alicyclic amines) is 1. The second-order valence-corrected chi connectivity index (χ2v) is 16.4. The minimum absolute atomic E-state index is 0.512. The summed E-state index contributed by atoms with van der Waals surface area (Å²) >= 11 is 0. The van der Waals surface area contributed by atoms with Gasteiger partial charge >= 0.3 is 0 Å². The molecule has 2 aliphatic heterocycles. The van der Waals surface area contributed by atoms with Crippen LogP contribution in [0.15, 0.2) is 0 Å². The first-order valence-electron chi connectivity index (χ1n) is 17.5. The van der Waals surface area contributed by atoms with Gasteiger partial charge in [0.25, 0.3) is 0 Å². The van der Waals surface area contributed by atoms with Crippen molar-refractivity contribution in [3.8, 4) is 0 Å². The summed E-state index contributed by atoms with van der Waals surface area (Å²) in [5.41, 5.74) is 0.512. The number of hydrogen-bond donors (Lipinski definition) is 0. The zero-order valence-corrected chi connectivity index (χ0v) is 24.9. The maximum Gasteiger partial charge on any atom is 0.0613 e. The normalized spacial score (nSPS) is 55.3. The van der Waals surface area contributed by atoms with Crippen molar-refractivity contribution in [1.29, 1.82) is 0 Å². The SMILES string of the molecule is COC1CCC(CN2C3CCCCC3C3C4C5CC6C(CC5C(C)(C)C4CCC32)OC2CCCCC26)CC1. The van der Waals surface area contributed by atoms with Crippen molar-refractivity contribution >= 4 is 0 Å². The molecule has 214 valence electrons. The van der Waals surface area contributed by atoms with Crippen LogP contribution in [0.1, 0.15) is 117 Å². The molecule has 8 fully saturated rings. The second-order valence-electron chi connectivity index (χ2n) is 16.4. The highest BCUT2D eigenvalue weighted by Gasteiger charge is 2.67. The van der Waals surface area contributed by atoms with Gasteiger partial charge in [-0.2, -0.15) is 0 Å². The first-order valence-corrected chi connectivity index (χ1v) is 17.5. The summed E-state index contributed by atoms with van der Waals surface area (Å²) in [5.74, 6) is 8.62. The number of fused-ring (bicyclic) bond motifs is 10. The maximum absolute atomic E-state index is 6.90. The van der Waals surface area contributed by atoms with Gasteiger partial charge in [0.15, 0.2) is 0 Å². The standard InChI is InChI=1S/C35H57NO2/c1-35(2)27-16-17-30-34(24-9-4-6-10-29(24)36(30)20-21-12-14-22(37-3)15-13-21)33(27)26-18-25-23-8-5-7-11-31(23)38-32(25)19-28(26)35/h21-34H,4-20H2,1-3H3. The van der Waals surface area contributed by atoms with Crippen LogP contribution in [-0.4, -0.2) is 49.0 Å². The van der Waals surface area contributed by atoms with Crippen LogP contribution in [0.3, 0.4) is 0 Å². The lowest BCUT2D eigenvalue weighted by molar-refractivity contribution is -0.0298. The molecule has 2 saturated heterocycles. The smallest absolute Gasteiger partial charge is 0.0613 e. The van der Waals surface area contributed by atoms with Crippen LogP contribution < -0.4 is 0 Å². The number of hydrogen-bond acceptors (Lipinski definition) is 3. The highest BCUT2D eigenvalue weighted by atomic mass is 16.5. The Morgan fingerprint density at radius 2 is 1.42 bits per heavy atom. The molecule has 12 unspecified atom stereocenters. The molecule has 0 spiro atoms. The number of rotatable bonds is 3. The molecule has 3 nitrogen and oxygen atoms in total. The van der Waals surface area contributed by atoms with Gasteiger partial charge in [-0.25, -0.2) is 0 Å². The van der Waals surface area contributed by atoms with Crippen LogP contribution in [0, 0.1) is 58.7 Å². The van der Waals surface area contributed by atoms with Crippen LogP contribution >= 0.6 is 0 Å². The average Bonchev–Trinajstić information content (AvgIpc) is 3.54. The Morgan fingerprint density at radius 3 is 2.24 bits per heavy atom. The minimum Gasteiger partial charge on any atom is -0.381 e. The Balaban J connectivity index is 1.08. The molecule has 8 aliphatic rings. The summed E-state index contributed by atoms with van der Waals surface area (Å²) in [5, 5.41) is 0. The molecular formula is C35H57NO2. The molecule has 12 atom stereocenters.